The van der Waals surface area contributed by atoms with Crippen LogP contribution in [0.15, 0.2) is 0 Å². The molecule has 3 aliphatic heterocycles. The maximum absolute atomic E-state index is 12.1. The van der Waals surface area contributed by atoms with Crippen LogP contribution < -0.4 is 0 Å². The van der Waals surface area contributed by atoms with Gasteiger partial charge in [-0.2, -0.15) is 0 Å². The van der Waals surface area contributed by atoms with Gasteiger partial charge in [0, 0.05) is 11.8 Å². The first-order valence-corrected chi connectivity index (χ1v) is 7.46. The summed E-state index contributed by atoms with van der Waals surface area (Å²) >= 11 is 0. The Morgan fingerprint density at radius 3 is 2.42 bits per heavy atom. The fourth-order valence-corrected chi connectivity index (χ4v) is 4.62. The molecule has 0 aliphatic carbocycles. The maximum atomic E-state index is 12.1. The summed E-state index contributed by atoms with van der Waals surface area (Å²) in [5.41, 5.74) is -0.486. The van der Waals surface area contributed by atoms with Crippen molar-refractivity contribution in [2.24, 2.45) is 17.3 Å². The summed E-state index contributed by atoms with van der Waals surface area (Å²) in [6, 6.07) is 0. The molecule has 2 bridgehead atoms. The fourth-order valence-electron chi connectivity index (χ4n) is 4.62. The lowest BCUT2D eigenvalue weighted by Gasteiger charge is -2.36. The molecule has 0 saturated carbocycles. The molecule has 0 aromatic carbocycles. The lowest BCUT2D eigenvalue weighted by atomic mass is 9.64. The van der Waals surface area contributed by atoms with E-state index in [0.717, 1.165) is 19.3 Å². The molecule has 3 saturated heterocycles. The molecule has 4 nitrogen and oxygen atoms in total. The molecule has 7 atom stereocenters. The first kappa shape index (κ1) is 13.4. The van der Waals surface area contributed by atoms with Gasteiger partial charge in [0.25, 0.3) is 0 Å². The molecule has 3 rings (SSSR count). The minimum absolute atomic E-state index is 0.0311. The molecular formula is C15H24O4. The molecule has 0 amide bonds. The molecule has 108 valence electrons. The number of esters is 1. The summed E-state index contributed by atoms with van der Waals surface area (Å²) in [6.07, 6.45) is 3.46. The predicted octanol–water partition coefficient (Wildman–Crippen LogP) is 2.16. The molecule has 3 fully saturated rings. The summed E-state index contributed by atoms with van der Waals surface area (Å²) in [6.45, 7) is 6.32. The van der Waals surface area contributed by atoms with E-state index in [2.05, 4.69) is 13.8 Å². The van der Waals surface area contributed by atoms with Gasteiger partial charge >= 0.3 is 5.97 Å². The van der Waals surface area contributed by atoms with E-state index in [1.165, 1.54) is 7.11 Å². The Labute approximate surface area is 114 Å². The van der Waals surface area contributed by atoms with Gasteiger partial charge < -0.3 is 14.2 Å². The van der Waals surface area contributed by atoms with Gasteiger partial charge in [-0.25, -0.2) is 0 Å². The second-order valence-corrected chi connectivity index (χ2v) is 6.39. The van der Waals surface area contributed by atoms with E-state index < -0.39 is 5.41 Å². The molecule has 0 aromatic heterocycles. The van der Waals surface area contributed by atoms with E-state index in [-0.39, 0.29) is 24.3 Å². The molecular weight excluding hydrogens is 244 g/mol. The number of carbonyl (C=O) groups excluding carboxylic acids is 1. The Morgan fingerprint density at radius 2 is 1.84 bits per heavy atom. The van der Waals surface area contributed by atoms with Crippen molar-refractivity contribution in [2.75, 3.05) is 7.11 Å². The van der Waals surface area contributed by atoms with Gasteiger partial charge in [0.2, 0.25) is 0 Å². The van der Waals surface area contributed by atoms with E-state index >= 15 is 0 Å². The zero-order chi connectivity index (χ0) is 13.8. The summed E-state index contributed by atoms with van der Waals surface area (Å²) in [5, 5.41) is 0. The predicted molar refractivity (Wildman–Crippen MR) is 69.6 cm³/mol. The van der Waals surface area contributed by atoms with Gasteiger partial charge in [-0.3, -0.25) is 4.79 Å². The van der Waals surface area contributed by atoms with Crippen molar-refractivity contribution < 1.29 is 19.0 Å². The summed E-state index contributed by atoms with van der Waals surface area (Å²) in [5.74, 6) is 0.698. The van der Waals surface area contributed by atoms with E-state index in [1.807, 2.05) is 6.92 Å². The fraction of sp³-hybridized carbons (Fsp3) is 0.933. The van der Waals surface area contributed by atoms with Crippen LogP contribution in [0.5, 0.6) is 0 Å². The Morgan fingerprint density at radius 1 is 1.21 bits per heavy atom. The molecule has 3 aliphatic rings. The lowest BCUT2D eigenvalue weighted by Crippen LogP contribution is -2.47. The second kappa shape index (κ2) is 4.45. The van der Waals surface area contributed by atoms with E-state index in [9.17, 15) is 4.79 Å². The summed E-state index contributed by atoms with van der Waals surface area (Å²) in [7, 11) is 1.47. The van der Waals surface area contributed by atoms with E-state index in [1.54, 1.807) is 0 Å². The highest BCUT2D eigenvalue weighted by atomic mass is 16.6. The zero-order valence-electron chi connectivity index (χ0n) is 12.2. The Hall–Kier alpha value is -0.610. The van der Waals surface area contributed by atoms with Gasteiger partial charge in [0.05, 0.1) is 36.9 Å². The van der Waals surface area contributed by atoms with Crippen molar-refractivity contribution in [3.8, 4) is 0 Å². The third kappa shape index (κ3) is 1.62. The standard InChI is InChI=1S/C15H24O4/c1-5-8-11-10-7-15(3,14(16)17-4)13(19-10)12(11)9(6-2)18-8/h8-13H,5-7H2,1-4H3. The molecule has 4 heteroatoms. The highest BCUT2D eigenvalue weighted by Gasteiger charge is 2.68. The number of fused-ring (bicyclic) bond motifs is 5. The van der Waals surface area contributed by atoms with Crippen LogP contribution in [0.1, 0.15) is 40.0 Å². The minimum atomic E-state index is -0.486. The van der Waals surface area contributed by atoms with Crippen LogP contribution in [0.2, 0.25) is 0 Å². The minimum Gasteiger partial charge on any atom is -0.469 e. The molecule has 0 radical (unpaired) electrons. The monoisotopic (exact) mass is 268 g/mol. The van der Waals surface area contributed by atoms with E-state index in [0.29, 0.717) is 17.9 Å². The first-order valence-electron chi connectivity index (χ1n) is 7.46. The third-order valence-corrected chi connectivity index (χ3v) is 5.46. The van der Waals surface area contributed by atoms with Crippen LogP contribution in [0, 0.1) is 17.3 Å². The largest absolute Gasteiger partial charge is 0.469 e. The molecule has 3 heterocycles. The van der Waals surface area contributed by atoms with Crippen molar-refractivity contribution in [2.45, 2.75) is 64.4 Å². The maximum Gasteiger partial charge on any atom is 0.314 e. The molecule has 19 heavy (non-hydrogen) atoms. The van der Waals surface area contributed by atoms with Crippen molar-refractivity contribution in [3.05, 3.63) is 0 Å². The molecule has 7 unspecified atom stereocenters. The highest BCUT2D eigenvalue weighted by molar-refractivity contribution is 5.78. The topological polar surface area (TPSA) is 44.8 Å². The first-order chi connectivity index (χ1) is 9.06. The van der Waals surface area contributed by atoms with Crippen LogP contribution in [0.3, 0.4) is 0 Å². The average Bonchev–Trinajstić information content (AvgIpc) is 3.05. The van der Waals surface area contributed by atoms with Crippen LogP contribution in [0.25, 0.3) is 0 Å². The highest BCUT2D eigenvalue weighted by Crippen LogP contribution is 2.59. The van der Waals surface area contributed by atoms with Crippen molar-refractivity contribution >= 4 is 5.97 Å². The van der Waals surface area contributed by atoms with Gasteiger partial charge in [-0.15, -0.1) is 0 Å². The van der Waals surface area contributed by atoms with Gasteiger partial charge in [0.15, 0.2) is 0 Å². The van der Waals surface area contributed by atoms with Gasteiger partial charge in [-0.05, 0) is 26.2 Å². The number of methoxy groups -OCH3 is 1. The second-order valence-electron chi connectivity index (χ2n) is 6.39. The lowest BCUT2D eigenvalue weighted by molar-refractivity contribution is -0.157. The van der Waals surface area contributed by atoms with Gasteiger partial charge in [0.1, 0.15) is 0 Å². The SMILES string of the molecule is CCC1OC(CC)C2C1C1CC(C)(C(=O)OC)C2O1. The van der Waals surface area contributed by atoms with Crippen molar-refractivity contribution in [3.63, 3.8) is 0 Å². The summed E-state index contributed by atoms with van der Waals surface area (Å²) < 4.78 is 17.3. The Bertz CT molecular complexity index is 382. The van der Waals surface area contributed by atoms with E-state index in [4.69, 9.17) is 14.2 Å². The van der Waals surface area contributed by atoms with Crippen LogP contribution in [0.4, 0.5) is 0 Å². The number of ether oxygens (including phenoxy) is 3. The zero-order valence-corrected chi connectivity index (χ0v) is 12.2. The van der Waals surface area contributed by atoms with Crippen molar-refractivity contribution in [1.29, 1.82) is 0 Å². The third-order valence-electron chi connectivity index (χ3n) is 5.46. The van der Waals surface area contributed by atoms with Crippen LogP contribution in [-0.4, -0.2) is 37.5 Å². The number of hydrogen-bond donors (Lipinski definition) is 0. The number of carbonyl (C=O) groups is 1. The molecule has 0 aromatic rings. The van der Waals surface area contributed by atoms with Crippen molar-refractivity contribution in [1.82, 2.24) is 0 Å². The molecule has 0 spiro atoms. The number of hydrogen-bond acceptors (Lipinski definition) is 4. The smallest absolute Gasteiger partial charge is 0.314 e. The van der Waals surface area contributed by atoms with Crippen LogP contribution in [-0.2, 0) is 19.0 Å². The quantitative estimate of drug-likeness (QED) is 0.736. The van der Waals surface area contributed by atoms with Gasteiger partial charge in [-0.1, -0.05) is 13.8 Å². The average molecular weight is 268 g/mol. The van der Waals surface area contributed by atoms with Crippen LogP contribution >= 0.6 is 0 Å². The molecule has 0 N–H and O–H groups in total. The Kier molecular flexibility index (Phi) is 3.13. The Balaban J connectivity index is 1.90. The number of rotatable bonds is 3. The normalized spacial score (nSPS) is 51.4. The summed E-state index contributed by atoms with van der Waals surface area (Å²) in [4.78, 5) is 12.1.